The molecule has 0 aliphatic carbocycles. The lowest BCUT2D eigenvalue weighted by Crippen LogP contribution is -2.00. The molecule has 0 atom stereocenters. The van der Waals surface area contributed by atoms with Gasteiger partial charge in [0.05, 0.1) is 11.9 Å². The topological polar surface area (TPSA) is 61.6 Å². The molecule has 0 aliphatic heterocycles. The highest BCUT2D eigenvalue weighted by atomic mass is 79.9. The van der Waals surface area contributed by atoms with Crippen LogP contribution < -0.4 is 5.32 Å². The zero-order chi connectivity index (χ0) is 13.1. The maximum absolute atomic E-state index is 9.02. The molecule has 1 aromatic carbocycles. The molecule has 0 saturated heterocycles. The van der Waals surface area contributed by atoms with Crippen molar-refractivity contribution in [2.24, 2.45) is 0 Å². The molecule has 4 nitrogen and oxygen atoms in total. The van der Waals surface area contributed by atoms with Crippen molar-refractivity contribution >= 4 is 27.4 Å². The van der Waals surface area contributed by atoms with Gasteiger partial charge in [0.1, 0.15) is 17.5 Å². The van der Waals surface area contributed by atoms with Crippen LogP contribution in [-0.4, -0.2) is 9.97 Å². The second kappa shape index (κ2) is 5.15. The molecule has 0 amide bonds. The van der Waals surface area contributed by atoms with Gasteiger partial charge in [-0.3, -0.25) is 0 Å². The Morgan fingerprint density at radius 1 is 1.33 bits per heavy atom. The lowest BCUT2D eigenvalue weighted by Gasteiger charge is -2.10. The summed E-state index contributed by atoms with van der Waals surface area (Å²) in [7, 11) is 0. The SMILES string of the molecule is Cc1ccc(Nc2nc(C)ncc2C#N)c(Br)c1. The lowest BCUT2D eigenvalue weighted by atomic mass is 10.2. The lowest BCUT2D eigenvalue weighted by molar-refractivity contribution is 1.05. The van der Waals surface area contributed by atoms with Crippen LogP contribution in [0.3, 0.4) is 0 Å². The Hall–Kier alpha value is -1.93. The Morgan fingerprint density at radius 2 is 2.11 bits per heavy atom. The second-order valence-corrected chi connectivity index (χ2v) is 4.75. The predicted molar refractivity (Wildman–Crippen MR) is 73.6 cm³/mol. The van der Waals surface area contributed by atoms with E-state index in [-0.39, 0.29) is 0 Å². The van der Waals surface area contributed by atoms with E-state index < -0.39 is 0 Å². The number of halogens is 1. The third kappa shape index (κ3) is 2.66. The number of hydrogen-bond donors (Lipinski definition) is 1. The highest BCUT2D eigenvalue weighted by Crippen LogP contribution is 2.27. The van der Waals surface area contributed by atoms with Crippen LogP contribution in [0, 0.1) is 25.2 Å². The van der Waals surface area contributed by atoms with Crippen molar-refractivity contribution in [2.45, 2.75) is 13.8 Å². The number of aryl methyl sites for hydroxylation is 2. The van der Waals surface area contributed by atoms with Gasteiger partial charge in [-0.05, 0) is 47.5 Å². The van der Waals surface area contributed by atoms with Crippen molar-refractivity contribution in [2.75, 3.05) is 5.32 Å². The van der Waals surface area contributed by atoms with Crippen LogP contribution in [0.5, 0.6) is 0 Å². The maximum atomic E-state index is 9.02. The molecule has 0 aliphatic rings. The van der Waals surface area contributed by atoms with Gasteiger partial charge in [-0.15, -0.1) is 0 Å². The fraction of sp³-hybridized carbons (Fsp3) is 0.154. The van der Waals surface area contributed by atoms with Crippen LogP contribution in [0.25, 0.3) is 0 Å². The van der Waals surface area contributed by atoms with Gasteiger partial charge in [0, 0.05) is 4.47 Å². The van der Waals surface area contributed by atoms with Crippen LogP contribution in [0.1, 0.15) is 17.0 Å². The molecule has 90 valence electrons. The minimum atomic E-state index is 0.424. The molecule has 1 heterocycles. The third-order valence-electron chi connectivity index (χ3n) is 2.41. The summed E-state index contributed by atoms with van der Waals surface area (Å²) < 4.78 is 0.933. The van der Waals surface area contributed by atoms with Crippen LogP contribution in [0.2, 0.25) is 0 Å². The van der Waals surface area contributed by atoms with Crippen LogP contribution in [0.4, 0.5) is 11.5 Å². The Balaban J connectivity index is 2.40. The fourth-order valence-electron chi connectivity index (χ4n) is 1.50. The van der Waals surface area contributed by atoms with Gasteiger partial charge in [0.2, 0.25) is 0 Å². The monoisotopic (exact) mass is 302 g/mol. The van der Waals surface area contributed by atoms with Crippen molar-refractivity contribution in [3.63, 3.8) is 0 Å². The number of benzene rings is 1. The van der Waals surface area contributed by atoms with Crippen molar-refractivity contribution in [1.82, 2.24) is 9.97 Å². The van der Waals surface area contributed by atoms with Gasteiger partial charge in [-0.2, -0.15) is 5.26 Å². The first-order valence-corrected chi connectivity index (χ1v) is 6.16. The number of aromatic nitrogens is 2. The molecule has 1 N–H and O–H groups in total. The first-order valence-electron chi connectivity index (χ1n) is 5.37. The minimum absolute atomic E-state index is 0.424. The first kappa shape index (κ1) is 12.5. The second-order valence-electron chi connectivity index (χ2n) is 3.90. The highest BCUT2D eigenvalue weighted by Gasteiger charge is 2.07. The summed E-state index contributed by atoms with van der Waals surface area (Å²) in [5.74, 6) is 1.15. The Bertz CT molecular complexity index is 631. The minimum Gasteiger partial charge on any atom is -0.338 e. The van der Waals surface area contributed by atoms with Gasteiger partial charge in [0.25, 0.3) is 0 Å². The van der Waals surface area contributed by atoms with Gasteiger partial charge in [-0.25, -0.2) is 9.97 Å². The van der Waals surface area contributed by atoms with E-state index in [1.54, 1.807) is 6.92 Å². The van der Waals surface area contributed by atoms with E-state index in [0.29, 0.717) is 17.2 Å². The number of nitrogens with zero attached hydrogens (tertiary/aromatic N) is 3. The van der Waals surface area contributed by atoms with E-state index >= 15 is 0 Å². The summed E-state index contributed by atoms with van der Waals surface area (Å²) in [6.07, 6.45) is 1.52. The molecule has 0 fully saturated rings. The zero-order valence-corrected chi connectivity index (χ0v) is 11.6. The van der Waals surface area contributed by atoms with E-state index in [9.17, 15) is 0 Å². The van der Waals surface area contributed by atoms with E-state index in [4.69, 9.17) is 5.26 Å². The smallest absolute Gasteiger partial charge is 0.152 e. The normalized spacial score (nSPS) is 9.89. The summed E-state index contributed by atoms with van der Waals surface area (Å²) in [6, 6.07) is 8.01. The summed E-state index contributed by atoms with van der Waals surface area (Å²) in [4.78, 5) is 8.24. The number of hydrogen-bond acceptors (Lipinski definition) is 4. The zero-order valence-electron chi connectivity index (χ0n) is 10.0. The number of anilines is 2. The van der Waals surface area contributed by atoms with Crippen molar-refractivity contribution in [1.29, 1.82) is 5.26 Å². The average molecular weight is 303 g/mol. The molecule has 18 heavy (non-hydrogen) atoms. The Labute approximate surface area is 114 Å². The number of nitrogens with one attached hydrogen (secondary N) is 1. The molecule has 0 saturated carbocycles. The molecule has 5 heteroatoms. The third-order valence-corrected chi connectivity index (χ3v) is 3.06. The molecule has 2 aromatic rings. The van der Waals surface area contributed by atoms with Crippen molar-refractivity contribution in [3.8, 4) is 6.07 Å². The molecule has 0 bridgehead atoms. The van der Waals surface area contributed by atoms with Crippen LogP contribution in [0.15, 0.2) is 28.9 Å². The van der Waals surface area contributed by atoms with Gasteiger partial charge in [-0.1, -0.05) is 6.07 Å². The summed E-state index contributed by atoms with van der Waals surface area (Å²) in [6.45, 7) is 3.81. The predicted octanol–water partition coefficient (Wildman–Crippen LogP) is 3.47. The molecule has 2 rings (SSSR count). The molecular weight excluding hydrogens is 292 g/mol. The summed E-state index contributed by atoms with van der Waals surface area (Å²) in [5, 5.41) is 12.2. The van der Waals surface area contributed by atoms with Crippen molar-refractivity contribution in [3.05, 3.63) is 45.8 Å². The standard InChI is InChI=1S/C13H11BrN4/c1-8-3-4-12(11(14)5-8)18-13-10(6-15)7-16-9(2)17-13/h3-5,7H,1-2H3,(H,16,17,18). The average Bonchev–Trinajstić information content (AvgIpc) is 2.33. The summed E-state index contributed by atoms with van der Waals surface area (Å²) in [5.41, 5.74) is 2.45. The highest BCUT2D eigenvalue weighted by molar-refractivity contribution is 9.10. The molecule has 0 unspecified atom stereocenters. The van der Waals surface area contributed by atoms with Crippen molar-refractivity contribution < 1.29 is 0 Å². The fourth-order valence-corrected chi connectivity index (χ4v) is 2.09. The Morgan fingerprint density at radius 3 is 2.78 bits per heavy atom. The van der Waals surface area contributed by atoms with E-state index in [0.717, 1.165) is 15.7 Å². The number of nitriles is 1. The van der Waals surface area contributed by atoms with Crippen LogP contribution in [-0.2, 0) is 0 Å². The molecular formula is C13H11BrN4. The van der Waals surface area contributed by atoms with Gasteiger partial charge in [0.15, 0.2) is 5.82 Å². The quantitative estimate of drug-likeness (QED) is 0.922. The van der Waals surface area contributed by atoms with E-state index in [1.807, 2.05) is 25.1 Å². The maximum Gasteiger partial charge on any atom is 0.152 e. The van der Waals surface area contributed by atoms with Crippen LogP contribution >= 0.6 is 15.9 Å². The first-order chi connectivity index (χ1) is 8.60. The number of rotatable bonds is 2. The molecule has 0 radical (unpaired) electrons. The van der Waals surface area contributed by atoms with Gasteiger partial charge < -0.3 is 5.32 Å². The van der Waals surface area contributed by atoms with E-state index in [2.05, 4.69) is 37.3 Å². The molecule has 0 spiro atoms. The van der Waals surface area contributed by atoms with E-state index in [1.165, 1.54) is 6.20 Å². The molecule has 1 aromatic heterocycles. The van der Waals surface area contributed by atoms with Gasteiger partial charge >= 0.3 is 0 Å². The summed E-state index contributed by atoms with van der Waals surface area (Å²) >= 11 is 3.48. The Kier molecular flexibility index (Phi) is 3.58. The largest absolute Gasteiger partial charge is 0.338 e.